The lowest BCUT2D eigenvalue weighted by molar-refractivity contribution is -0.148. The van der Waals surface area contributed by atoms with Crippen LogP contribution in [0.4, 0.5) is 5.69 Å². The van der Waals surface area contributed by atoms with E-state index in [1.807, 2.05) is 36.4 Å². The number of amides is 1. The van der Waals surface area contributed by atoms with E-state index in [1.165, 1.54) is 19.3 Å². The highest BCUT2D eigenvalue weighted by molar-refractivity contribution is 5.96. The van der Waals surface area contributed by atoms with E-state index in [2.05, 4.69) is 0 Å². The number of hydrogen-bond acceptors (Lipinski definition) is 8. The predicted octanol–water partition coefficient (Wildman–Crippen LogP) is 6.28. The molecule has 0 saturated heterocycles. The van der Waals surface area contributed by atoms with Crippen LogP contribution in [0.3, 0.4) is 0 Å². The summed E-state index contributed by atoms with van der Waals surface area (Å²) in [4.78, 5) is 51.8. The topological polar surface area (TPSA) is 108 Å². The monoisotopic (exact) mass is 605 g/mol. The Morgan fingerprint density at radius 1 is 0.909 bits per heavy atom. The van der Waals surface area contributed by atoms with Crippen LogP contribution in [-0.4, -0.2) is 49.7 Å². The van der Waals surface area contributed by atoms with E-state index in [9.17, 15) is 19.2 Å². The number of ether oxygens (including phenoxy) is 4. The molecule has 0 N–H and O–H groups in total. The maximum Gasteiger partial charge on any atom is 0.344 e. The van der Waals surface area contributed by atoms with Crippen LogP contribution in [0, 0.1) is 5.92 Å². The quantitative estimate of drug-likeness (QED) is 0.158. The molecule has 2 aromatic carbocycles. The number of carbonyl (C=O) groups is 4. The molecular formula is C35H43NO8. The Labute approximate surface area is 259 Å². The zero-order valence-corrected chi connectivity index (χ0v) is 26.3. The molecule has 0 bridgehead atoms. The molecule has 236 valence electrons. The van der Waals surface area contributed by atoms with Crippen LogP contribution in [0.1, 0.15) is 76.5 Å². The van der Waals surface area contributed by atoms with Gasteiger partial charge in [-0.25, -0.2) is 14.4 Å². The Kier molecular flexibility index (Phi) is 12.7. The number of esters is 3. The smallest absolute Gasteiger partial charge is 0.344 e. The van der Waals surface area contributed by atoms with Crippen molar-refractivity contribution in [3.8, 4) is 5.75 Å². The molecule has 0 aromatic heterocycles. The standard InChI is InChI=1S/C35H43NO8/c1-6-42-33(39)24-43-30-22-26(17-20-32(38)44-35(2,3)4)15-18-28(30)23-36(34(40)27-12-8-7-9-13-27)29-14-10-11-25(21-29)16-19-31(37)41-5/h10-11,14-22,27H,6-9,12-13,23-24H2,1-5H3/b19-16+,20-17+. The third-order valence-corrected chi connectivity index (χ3v) is 6.90. The number of hydrogen-bond donors (Lipinski definition) is 0. The molecule has 3 rings (SSSR count). The Morgan fingerprint density at radius 2 is 1.59 bits per heavy atom. The number of anilines is 1. The molecule has 0 unspecified atom stereocenters. The van der Waals surface area contributed by atoms with Crippen LogP contribution in [0.25, 0.3) is 12.2 Å². The number of methoxy groups -OCH3 is 1. The van der Waals surface area contributed by atoms with E-state index in [0.717, 1.165) is 37.7 Å². The van der Waals surface area contributed by atoms with Crippen LogP contribution < -0.4 is 9.64 Å². The first-order valence-electron chi connectivity index (χ1n) is 15.0. The van der Waals surface area contributed by atoms with E-state index in [1.54, 1.807) is 50.8 Å². The van der Waals surface area contributed by atoms with Gasteiger partial charge < -0.3 is 23.8 Å². The lowest BCUT2D eigenvalue weighted by Crippen LogP contribution is -2.37. The molecule has 1 aliphatic carbocycles. The molecular weight excluding hydrogens is 562 g/mol. The zero-order chi connectivity index (χ0) is 32.1. The molecule has 1 fully saturated rings. The Bertz CT molecular complexity index is 1370. The summed E-state index contributed by atoms with van der Waals surface area (Å²) < 4.78 is 21.0. The largest absolute Gasteiger partial charge is 0.482 e. The Morgan fingerprint density at radius 3 is 2.25 bits per heavy atom. The van der Waals surface area contributed by atoms with Gasteiger partial charge in [-0.3, -0.25) is 4.79 Å². The molecule has 9 nitrogen and oxygen atoms in total. The first kappa shape index (κ1) is 34.1. The summed E-state index contributed by atoms with van der Waals surface area (Å²) in [6.07, 6.45) is 10.7. The molecule has 1 saturated carbocycles. The second-order valence-electron chi connectivity index (χ2n) is 11.5. The van der Waals surface area contributed by atoms with Crippen molar-refractivity contribution in [3.63, 3.8) is 0 Å². The van der Waals surface area contributed by atoms with Crippen molar-refractivity contribution in [3.05, 3.63) is 71.3 Å². The maximum absolute atomic E-state index is 14.0. The Hall–Kier alpha value is -4.40. The van der Waals surface area contributed by atoms with Gasteiger partial charge in [0.2, 0.25) is 5.91 Å². The van der Waals surface area contributed by atoms with Crippen LogP contribution in [0.2, 0.25) is 0 Å². The average Bonchev–Trinajstić information content (AvgIpc) is 3.00. The van der Waals surface area contributed by atoms with E-state index in [4.69, 9.17) is 18.9 Å². The van der Waals surface area contributed by atoms with E-state index in [0.29, 0.717) is 22.6 Å². The number of benzene rings is 2. The van der Waals surface area contributed by atoms with Crippen LogP contribution in [0.15, 0.2) is 54.6 Å². The lowest BCUT2D eigenvalue weighted by Gasteiger charge is -2.30. The van der Waals surface area contributed by atoms with Gasteiger partial charge in [-0.2, -0.15) is 0 Å². The van der Waals surface area contributed by atoms with Crippen LogP contribution in [-0.2, 0) is 39.9 Å². The molecule has 0 heterocycles. The predicted molar refractivity (Wildman–Crippen MR) is 169 cm³/mol. The van der Waals surface area contributed by atoms with Gasteiger partial charge in [0, 0.05) is 29.3 Å². The molecule has 0 aliphatic heterocycles. The zero-order valence-electron chi connectivity index (χ0n) is 26.3. The summed E-state index contributed by atoms with van der Waals surface area (Å²) >= 11 is 0. The number of rotatable bonds is 12. The minimum atomic E-state index is -0.625. The van der Waals surface area contributed by atoms with Crippen LogP contribution in [0.5, 0.6) is 5.75 Å². The highest BCUT2D eigenvalue weighted by atomic mass is 16.6. The number of carbonyl (C=O) groups excluding carboxylic acids is 4. The van der Waals surface area contributed by atoms with Crippen molar-refractivity contribution in [1.82, 2.24) is 0 Å². The summed E-state index contributed by atoms with van der Waals surface area (Å²) in [6.45, 7) is 7.17. The van der Waals surface area contributed by atoms with Gasteiger partial charge in [0.05, 0.1) is 20.3 Å². The molecule has 0 radical (unpaired) electrons. The number of nitrogens with zero attached hydrogens (tertiary/aromatic N) is 1. The van der Waals surface area contributed by atoms with Gasteiger partial charge in [-0.15, -0.1) is 0 Å². The summed E-state index contributed by atoms with van der Waals surface area (Å²) in [5.74, 6) is -1.21. The summed E-state index contributed by atoms with van der Waals surface area (Å²) in [5, 5.41) is 0. The first-order valence-corrected chi connectivity index (χ1v) is 15.0. The van der Waals surface area contributed by atoms with Gasteiger partial charge in [0.25, 0.3) is 0 Å². The molecule has 2 aromatic rings. The summed E-state index contributed by atoms with van der Waals surface area (Å²) in [7, 11) is 1.31. The fourth-order valence-corrected chi connectivity index (χ4v) is 4.84. The fraction of sp³-hybridized carbons (Fsp3) is 0.429. The highest BCUT2D eigenvalue weighted by Gasteiger charge is 2.28. The lowest BCUT2D eigenvalue weighted by atomic mass is 9.88. The van der Waals surface area contributed by atoms with E-state index >= 15 is 0 Å². The molecule has 0 spiro atoms. The van der Waals surface area contributed by atoms with E-state index < -0.39 is 23.5 Å². The van der Waals surface area contributed by atoms with Crippen molar-refractivity contribution >= 4 is 41.7 Å². The fourth-order valence-electron chi connectivity index (χ4n) is 4.84. The molecule has 1 aliphatic rings. The minimum Gasteiger partial charge on any atom is -0.482 e. The Balaban J connectivity index is 1.99. The van der Waals surface area contributed by atoms with Gasteiger partial charge >= 0.3 is 17.9 Å². The second-order valence-corrected chi connectivity index (χ2v) is 11.5. The minimum absolute atomic E-state index is 0.00374. The maximum atomic E-state index is 14.0. The highest BCUT2D eigenvalue weighted by Crippen LogP contribution is 2.31. The third kappa shape index (κ3) is 11.0. The van der Waals surface area contributed by atoms with Crippen molar-refractivity contribution in [2.45, 2.75) is 71.9 Å². The van der Waals surface area contributed by atoms with Crippen molar-refractivity contribution in [1.29, 1.82) is 0 Å². The second kappa shape index (κ2) is 16.4. The van der Waals surface area contributed by atoms with Gasteiger partial charge in [0.1, 0.15) is 11.4 Å². The molecule has 9 heteroatoms. The third-order valence-electron chi connectivity index (χ3n) is 6.90. The van der Waals surface area contributed by atoms with Gasteiger partial charge in [-0.1, -0.05) is 43.5 Å². The normalized spacial score (nSPS) is 13.9. The summed E-state index contributed by atoms with van der Waals surface area (Å²) in [5.41, 5.74) is 2.09. The molecule has 44 heavy (non-hydrogen) atoms. The molecule has 0 atom stereocenters. The van der Waals surface area contributed by atoms with Crippen molar-refractivity contribution in [2.24, 2.45) is 5.92 Å². The summed E-state index contributed by atoms with van der Waals surface area (Å²) in [6, 6.07) is 12.7. The molecule has 1 amide bonds. The average molecular weight is 606 g/mol. The SMILES string of the molecule is CCOC(=O)COc1cc(/C=C/C(=O)OC(C)(C)C)ccc1CN(C(=O)C1CCCCC1)c1cccc(/C=C/C(=O)OC)c1. The van der Waals surface area contributed by atoms with Crippen molar-refractivity contribution < 1.29 is 38.1 Å². The van der Waals surface area contributed by atoms with Gasteiger partial charge in [-0.05, 0) is 82.0 Å². The first-order chi connectivity index (χ1) is 21.0. The van der Waals surface area contributed by atoms with Gasteiger partial charge in [0.15, 0.2) is 6.61 Å². The van der Waals surface area contributed by atoms with Crippen molar-refractivity contribution in [2.75, 3.05) is 25.2 Å². The van der Waals surface area contributed by atoms with Crippen LogP contribution >= 0.6 is 0 Å². The van der Waals surface area contributed by atoms with E-state index in [-0.39, 0.29) is 31.6 Å².